The Labute approximate surface area is 216 Å². The molecule has 0 bridgehead atoms. The third-order valence-corrected chi connectivity index (χ3v) is 6.99. The summed E-state index contributed by atoms with van der Waals surface area (Å²) < 4.78 is 13.6. The Balaban J connectivity index is 1.39. The zero-order chi connectivity index (χ0) is 25.6. The Morgan fingerprint density at radius 3 is 2.47 bits per heavy atom. The number of rotatable bonds is 4. The zero-order valence-corrected chi connectivity index (χ0v) is 20.7. The van der Waals surface area contributed by atoms with Crippen LogP contribution < -0.4 is 10.2 Å². The molecule has 182 valence electrons. The Morgan fingerprint density at radius 2 is 1.72 bits per heavy atom. The molecule has 0 saturated carbocycles. The largest absolute Gasteiger partial charge is 0.349 e. The van der Waals surface area contributed by atoms with Crippen molar-refractivity contribution in [3.05, 3.63) is 104 Å². The van der Waals surface area contributed by atoms with Crippen molar-refractivity contribution >= 4 is 52.3 Å². The number of anilines is 2. The first-order valence-corrected chi connectivity index (χ1v) is 12.0. The standard InChI is InChI=1S/C27H20Cl2FN3O3/c1-15-6-7-17(25(34)32-11-10-16-4-2-3-5-18(16)14-32)12-22(15)31-24-23(29)26(35)33(27(24)36)19-8-9-21(30)20(28)13-19/h2-9,12-13,31H,10-11,14H2,1H3. The van der Waals surface area contributed by atoms with Gasteiger partial charge in [-0.05, 0) is 60.4 Å². The van der Waals surface area contributed by atoms with Gasteiger partial charge < -0.3 is 10.2 Å². The molecular formula is C27H20Cl2FN3O3. The quantitative estimate of drug-likeness (QED) is 0.463. The molecule has 3 amide bonds. The van der Waals surface area contributed by atoms with E-state index < -0.39 is 17.6 Å². The van der Waals surface area contributed by atoms with E-state index in [0.717, 1.165) is 28.5 Å². The van der Waals surface area contributed by atoms with E-state index in [2.05, 4.69) is 11.4 Å². The van der Waals surface area contributed by atoms with E-state index in [1.165, 1.54) is 17.7 Å². The number of aryl methyl sites for hydroxylation is 1. The van der Waals surface area contributed by atoms with E-state index >= 15 is 0 Å². The van der Waals surface area contributed by atoms with Crippen LogP contribution in [0.5, 0.6) is 0 Å². The number of halogens is 3. The molecule has 0 unspecified atom stereocenters. The van der Waals surface area contributed by atoms with E-state index in [1.54, 1.807) is 30.0 Å². The molecule has 2 heterocycles. The zero-order valence-electron chi connectivity index (χ0n) is 19.1. The van der Waals surface area contributed by atoms with Crippen molar-refractivity contribution < 1.29 is 18.8 Å². The highest BCUT2D eigenvalue weighted by atomic mass is 35.5. The number of nitrogens with zero attached hydrogens (tertiary/aromatic N) is 2. The minimum absolute atomic E-state index is 0.0948. The Hall–Kier alpha value is -3.68. The van der Waals surface area contributed by atoms with Crippen molar-refractivity contribution in [2.75, 3.05) is 16.8 Å². The third kappa shape index (κ3) is 4.25. The lowest BCUT2D eigenvalue weighted by molar-refractivity contribution is -0.120. The number of hydrogen-bond donors (Lipinski definition) is 1. The van der Waals surface area contributed by atoms with Crippen LogP contribution in [-0.2, 0) is 22.6 Å². The predicted molar refractivity (Wildman–Crippen MR) is 136 cm³/mol. The van der Waals surface area contributed by atoms with Crippen molar-refractivity contribution in [1.82, 2.24) is 4.90 Å². The van der Waals surface area contributed by atoms with Gasteiger partial charge in [0.05, 0.1) is 10.7 Å². The molecule has 3 aromatic carbocycles. The van der Waals surface area contributed by atoms with Crippen molar-refractivity contribution in [3.8, 4) is 0 Å². The van der Waals surface area contributed by atoms with Gasteiger partial charge in [0.25, 0.3) is 17.7 Å². The fraction of sp³-hybridized carbons (Fsp3) is 0.148. The van der Waals surface area contributed by atoms with Crippen LogP contribution in [0.3, 0.4) is 0 Å². The number of carbonyl (C=O) groups excluding carboxylic acids is 3. The van der Waals surface area contributed by atoms with Gasteiger partial charge in [0, 0.05) is 24.3 Å². The van der Waals surface area contributed by atoms with Crippen molar-refractivity contribution in [1.29, 1.82) is 0 Å². The number of benzene rings is 3. The maximum absolute atomic E-state index is 13.6. The summed E-state index contributed by atoms with van der Waals surface area (Å²) in [6.45, 7) is 2.93. The number of nitrogens with one attached hydrogen (secondary N) is 1. The molecule has 0 saturated heterocycles. The maximum Gasteiger partial charge on any atom is 0.283 e. The van der Waals surface area contributed by atoms with Crippen LogP contribution in [0.15, 0.2) is 71.4 Å². The molecule has 5 rings (SSSR count). The van der Waals surface area contributed by atoms with Gasteiger partial charge in [-0.2, -0.15) is 0 Å². The van der Waals surface area contributed by atoms with Gasteiger partial charge in [-0.15, -0.1) is 0 Å². The minimum Gasteiger partial charge on any atom is -0.349 e. The monoisotopic (exact) mass is 523 g/mol. The molecule has 0 atom stereocenters. The normalized spacial score (nSPS) is 15.4. The number of carbonyl (C=O) groups is 3. The van der Waals surface area contributed by atoms with E-state index in [-0.39, 0.29) is 27.3 Å². The highest BCUT2D eigenvalue weighted by molar-refractivity contribution is 6.53. The molecule has 2 aliphatic rings. The smallest absolute Gasteiger partial charge is 0.283 e. The number of fused-ring (bicyclic) bond motifs is 1. The van der Waals surface area contributed by atoms with Crippen molar-refractivity contribution in [2.24, 2.45) is 0 Å². The van der Waals surface area contributed by atoms with Crippen LogP contribution in [0.25, 0.3) is 0 Å². The van der Waals surface area contributed by atoms with E-state index in [9.17, 15) is 18.8 Å². The maximum atomic E-state index is 13.6. The third-order valence-electron chi connectivity index (χ3n) is 6.35. The minimum atomic E-state index is -0.760. The molecule has 9 heteroatoms. The molecule has 6 nitrogen and oxygen atoms in total. The molecule has 0 spiro atoms. The summed E-state index contributed by atoms with van der Waals surface area (Å²) >= 11 is 12.1. The van der Waals surface area contributed by atoms with Gasteiger partial charge in [0.2, 0.25) is 0 Å². The second-order valence-electron chi connectivity index (χ2n) is 8.63. The van der Waals surface area contributed by atoms with Gasteiger partial charge in [0.15, 0.2) is 0 Å². The van der Waals surface area contributed by atoms with Crippen LogP contribution in [0.2, 0.25) is 5.02 Å². The van der Waals surface area contributed by atoms with Gasteiger partial charge in [-0.25, -0.2) is 9.29 Å². The summed E-state index contributed by atoms with van der Waals surface area (Å²) in [5.74, 6) is -2.28. The number of amides is 3. The summed E-state index contributed by atoms with van der Waals surface area (Å²) in [6.07, 6.45) is 0.779. The lowest BCUT2D eigenvalue weighted by atomic mass is 9.99. The van der Waals surface area contributed by atoms with Crippen LogP contribution in [0.4, 0.5) is 15.8 Å². The lowest BCUT2D eigenvalue weighted by Crippen LogP contribution is -2.36. The van der Waals surface area contributed by atoms with Gasteiger partial charge in [-0.3, -0.25) is 14.4 Å². The van der Waals surface area contributed by atoms with E-state index in [1.807, 2.05) is 18.2 Å². The van der Waals surface area contributed by atoms with E-state index in [4.69, 9.17) is 23.2 Å². The van der Waals surface area contributed by atoms with Crippen molar-refractivity contribution in [3.63, 3.8) is 0 Å². The Morgan fingerprint density at radius 1 is 0.972 bits per heavy atom. The van der Waals surface area contributed by atoms with E-state index in [0.29, 0.717) is 24.3 Å². The van der Waals surface area contributed by atoms with Crippen LogP contribution in [-0.4, -0.2) is 29.2 Å². The lowest BCUT2D eigenvalue weighted by Gasteiger charge is -2.29. The topological polar surface area (TPSA) is 69.7 Å². The fourth-order valence-electron chi connectivity index (χ4n) is 4.35. The highest BCUT2D eigenvalue weighted by Crippen LogP contribution is 2.33. The Bertz CT molecular complexity index is 1470. The second kappa shape index (κ2) is 9.41. The summed E-state index contributed by atoms with van der Waals surface area (Å²) in [5.41, 5.74) is 3.97. The number of hydrogen-bond acceptors (Lipinski definition) is 4. The van der Waals surface area contributed by atoms with Gasteiger partial charge in [0.1, 0.15) is 16.5 Å². The first-order chi connectivity index (χ1) is 17.2. The summed E-state index contributed by atoms with van der Waals surface area (Å²) in [4.78, 5) is 41.8. The van der Waals surface area contributed by atoms with Crippen LogP contribution in [0, 0.1) is 12.7 Å². The average molecular weight is 524 g/mol. The van der Waals surface area contributed by atoms with Gasteiger partial charge >= 0.3 is 0 Å². The second-order valence-corrected chi connectivity index (χ2v) is 9.42. The molecule has 2 aliphatic heterocycles. The van der Waals surface area contributed by atoms with Crippen molar-refractivity contribution in [2.45, 2.75) is 19.9 Å². The van der Waals surface area contributed by atoms with Gasteiger partial charge in [-0.1, -0.05) is 53.5 Å². The molecular weight excluding hydrogens is 504 g/mol. The fourth-order valence-corrected chi connectivity index (χ4v) is 4.73. The molecule has 36 heavy (non-hydrogen) atoms. The molecule has 0 radical (unpaired) electrons. The molecule has 0 aliphatic carbocycles. The Kier molecular flexibility index (Phi) is 6.28. The highest BCUT2D eigenvalue weighted by Gasteiger charge is 2.39. The summed E-state index contributed by atoms with van der Waals surface area (Å²) in [5, 5.41) is 2.39. The molecule has 1 N–H and O–H groups in total. The SMILES string of the molecule is Cc1ccc(C(=O)N2CCc3ccccc3C2)cc1NC1=C(Cl)C(=O)N(c2ccc(F)c(Cl)c2)C1=O. The average Bonchev–Trinajstić information content (AvgIpc) is 3.09. The summed E-state index contributed by atoms with van der Waals surface area (Å²) in [6, 6.07) is 16.7. The van der Waals surface area contributed by atoms with Crippen LogP contribution in [0.1, 0.15) is 27.0 Å². The molecule has 0 fully saturated rings. The van der Waals surface area contributed by atoms with Crippen LogP contribution >= 0.6 is 23.2 Å². The first kappa shape index (κ1) is 24.0. The molecule has 0 aromatic heterocycles. The number of imide groups is 1. The predicted octanol–water partition coefficient (Wildman–Crippen LogP) is 5.42. The summed E-state index contributed by atoms with van der Waals surface area (Å²) in [7, 11) is 0. The first-order valence-electron chi connectivity index (χ1n) is 11.2. The molecule has 3 aromatic rings.